The van der Waals surface area contributed by atoms with Gasteiger partial charge in [-0.15, -0.1) is 0 Å². The zero-order valence-corrected chi connectivity index (χ0v) is 14.8. The number of amides is 1. The standard InChI is InChI=1S/C21H18F2N2O2/c1-27-20(26)25-11-21(8-9-21)17-13-4-2-3-5-16(13)24-18(17)19(25)14-10-12(22)6-7-15(14)23/h2-7,10,19,24H,8-9,11H2,1H3. The summed E-state index contributed by atoms with van der Waals surface area (Å²) in [5, 5.41) is 1.08. The minimum absolute atomic E-state index is 0.128. The van der Waals surface area contributed by atoms with E-state index in [-0.39, 0.29) is 11.0 Å². The molecule has 0 radical (unpaired) electrons. The quantitative estimate of drug-likeness (QED) is 0.680. The molecule has 1 saturated carbocycles. The minimum Gasteiger partial charge on any atom is -0.453 e. The number of aromatic nitrogens is 1. The van der Waals surface area contributed by atoms with E-state index in [0.717, 1.165) is 53.2 Å². The third-order valence-electron chi connectivity index (χ3n) is 5.84. The number of para-hydroxylation sites is 1. The lowest BCUT2D eigenvalue weighted by Gasteiger charge is -2.39. The van der Waals surface area contributed by atoms with Gasteiger partial charge in [0.25, 0.3) is 0 Å². The summed E-state index contributed by atoms with van der Waals surface area (Å²) in [6.07, 6.45) is 1.36. The van der Waals surface area contributed by atoms with Crippen molar-refractivity contribution in [2.75, 3.05) is 13.7 Å². The SMILES string of the molecule is COC(=O)N1CC2(CC2)c2c([nH]c3ccccc23)C1c1cc(F)ccc1F. The summed E-state index contributed by atoms with van der Waals surface area (Å²) in [7, 11) is 1.31. The molecule has 1 fully saturated rings. The number of fused-ring (bicyclic) bond motifs is 4. The van der Waals surface area contributed by atoms with E-state index in [1.807, 2.05) is 24.3 Å². The average Bonchev–Trinajstić information content (AvgIpc) is 3.32. The predicted molar refractivity (Wildman–Crippen MR) is 96.5 cm³/mol. The second-order valence-electron chi connectivity index (χ2n) is 7.41. The number of hydrogen-bond donors (Lipinski definition) is 1. The third kappa shape index (κ3) is 2.29. The topological polar surface area (TPSA) is 45.3 Å². The van der Waals surface area contributed by atoms with Gasteiger partial charge in [0.1, 0.15) is 17.7 Å². The van der Waals surface area contributed by atoms with E-state index in [4.69, 9.17) is 4.74 Å². The van der Waals surface area contributed by atoms with Crippen LogP contribution in [-0.4, -0.2) is 29.6 Å². The lowest BCUT2D eigenvalue weighted by Crippen LogP contribution is -2.45. The second kappa shape index (κ2) is 5.55. The molecule has 4 nitrogen and oxygen atoms in total. The number of H-pyrrole nitrogens is 1. The molecular weight excluding hydrogens is 350 g/mol. The lowest BCUT2D eigenvalue weighted by atomic mass is 9.83. The first kappa shape index (κ1) is 16.3. The number of ether oxygens (including phenoxy) is 1. The van der Waals surface area contributed by atoms with Gasteiger partial charge in [0.15, 0.2) is 0 Å². The predicted octanol–water partition coefficient (Wildman–Crippen LogP) is 4.65. The molecule has 1 aliphatic carbocycles. The van der Waals surface area contributed by atoms with E-state index >= 15 is 0 Å². The molecule has 27 heavy (non-hydrogen) atoms. The zero-order chi connectivity index (χ0) is 18.8. The van der Waals surface area contributed by atoms with Crippen LogP contribution in [0.5, 0.6) is 0 Å². The highest BCUT2D eigenvalue weighted by atomic mass is 19.1. The molecule has 1 spiro atoms. The van der Waals surface area contributed by atoms with Gasteiger partial charge in [-0.3, -0.25) is 4.90 Å². The molecule has 5 rings (SSSR count). The van der Waals surface area contributed by atoms with Crippen LogP contribution >= 0.6 is 0 Å². The molecule has 6 heteroatoms. The Hall–Kier alpha value is -2.89. The monoisotopic (exact) mass is 368 g/mol. The average molecular weight is 368 g/mol. The molecule has 1 aromatic heterocycles. The van der Waals surface area contributed by atoms with Crippen LogP contribution in [0.3, 0.4) is 0 Å². The van der Waals surface area contributed by atoms with E-state index in [1.165, 1.54) is 12.0 Å². The highest BCUT2D eigenvalue weighted by Gasteiger charge is 2.55. The van der Waals surface area contributed by atoms with Crippen LogP contribution in [-0.2, 0) is 10.2 Å². The Morgan fingerprint density at radius 1 is 1.22 bits per heavy atom. The van der Waals surface area contributed by atoms with Crippen LogP contribution in [0.15, 0.2) is 42.5 Å². The Morgan fingerprint density at radius 2 is 2.00 bits per heavy atom. The van der Waals surface area contributed by atoms with E-state index in [2.05, 4.69) is 4.98 Å². The van der Waals surface area contributed by atoms with Gasteiger partial charge in [0, 0.05) is 34.1 Å². The van der Waals surface area contributed by atoms with Crippen molar-refractivity contribution in [3.05, 3.63) is 70.9 Å². The number of benzene rings is 2. The lowest BCUT2D eigenvalue weighted by molar-refractivity contribution is 0.100. The second-order valence-corrected chi connectivity index (χ2v) is 7.41. The summed E-state index contributed by atoms with van der Waals surface area (Å²) in [4.78, 5) is 17.5. The van der Waals surface area contributed by atoms with Gasteiger partial charge in [-0.05, 0) is 42.7 Å². The number of rotatable bonds is 1. The minimum atomic E-state index is -0.762. The largest absolute Gasteiger partial charge is 0.453 e. The van der Waals surface area contributed by atoms with Crippen molar-refractivity contribution in [3.8, 4) is 0 Å². The maximum absolute atomic E-state index is 14.7. The number of halogens is 2. The number of carbonyl (C=O) groups is 1. The molecule has 0 saturated heterocycles. The fraction of sp³-hybridized carbons (Fsp3) is 0.286. The third-order valence-corrected chi connectivity index (χ3v) is 5.84. The van der Waals surface area contributed by atoms with Crippen LogP contribution < -0.4 is 0 Å². The molecule has 1 N–H and O–H groups in total. The van der Waals surface area contributed by atoms with E-state index < -0.39 is 23.8 Å². The normalized spacial score (nSPS) is 20.0. The van der Waals surface area contributed by atoms with E-state index in [0.29, 0.717) is 6.54 Å². The summed E-state index contributed by atoms with van der Waals surface area (Å²) >= 11 is 0. The molecule has 1 atom stereocenters. The fourth-order valence-corrected chi connectivity index (χ4v) is 4.49. The molecule has 2 aromatic carbocycles. The van der Waals surface area contributed by atoms with E-state index in [9.17, 15) is 13.6 Å². The molecule has 0 bridgehead atoms. The first-order chi connectivity index (χ1) is 13.0. The molecule has 138 valence electrons. The first-order valence-corrected chi connectivity index (χ1v) is 8.95. The van der Waals surface area contributed by atoms with E-state index in [1.54, 1.807) is 0 Å². The summed E-state index contributed by atoms with van der Waals surface area (Å²) in [6.45, 7) is 0.426. The van der Waals surface area contributed by atoms with Gasteiger partial charge >= 0.3 is 6.09 Å². The zero-order valence-electron chi connectivity index (χ0n) is 14.8. The van der Waals surface area contributed by atoms with Crippen LogP contribution in [0, 0.1) is 11.6 Å². The Bertz CT molecular complexity index is 1070. The van der Waals surface area contributed by atoms with Crippen molar-refractivity contribution in [1.29, 1.82) is 0 Å². The molecule has 1 aliphatic heterocycles. The van der Waals surface area contributed by atoms with Crippen molar-refractivity contribution < 1.29 is 18.3 Å². The summed E-state index contributed by atoms with van der Waals surface area (Å²) in [6, 6.07) is 10.5. The summed E-state index contributed by atoms with van der Waals surface area (Å²) < 4.78 is 33.6. The molecular formula is C21H18F2N2O2. The van der Waals surface area contributed by atoms with Gasteiger partial charge < -0.3 is 9.72 Å². The number of carbonyl (C=O) groups excluding carboxylic acids is 1. The highest BCUT2D eigenvalue weighted by Crippen LogP contribution is 2.58. The van der Waals surface area contributed by atoms with Crippen molar-refractivity contribution in [2.24, 2.45) is 0 Å². The number of aromatic amines is 1. The van der Waals surface area contributed by atoms with Crippen LogP contribution in [0.1, 0.15) is 35.7 Å². The molecule has 2 aliphatic rings. The first-order valence-electron chi connectivity index (χ1n) is 8.95. The number of nitrogens with one attached hydrogen (secondary N) is 1. The van der Waals surface area contributed by atoms with Gasteiger partial charge in [-0.25, -0.2) is 13.6 Å². The van der Waals surface area contributed by atoms with Crippen molar-refractivity contribution >= 4 is 17.0 Å². The summed E-state index contributed by atoms with van der Waals surface area (Å²) in [5.74, 6) is -1.09. The van der Waals surface area contributed by atoms with Crippen molar-refractivity contribution in [2.45, 2.75) is 24.3 Å². The van der Waals surface area contributed by atoms with Gasteiger partial charge in [0.05, 0.1) is 7.11 Å². The maximum atomic E-state index is 14.7. The van der Waals surface area contributed by atoms with Crippen LogP contribution in [0.4, 0.5) is 13.6 Å². The fourth-order valence-electron chi connectivity index (χ4n) is 4.49. The van der Waals surface area contributed by atoms with Crippen molar-refractivity contribution in [1.82, 2.24) is 9.88 Å². The summed E-state index contributed by atoms with van der Waals surface area (Å²) in [5.41, 5.74) is 2.77. The number of hydrogen-bond acceptors (Lipinski definition) is 2. The molecule has 2 heterocycles. The van der Waals surface area contributed by atoms with Gasteiger partial charge in [0.2, 0.25) is 0 Å². The van der Waals surface area contributed by atoms with Crippen LogP contribution in [0.25, 0.3) is 10.9 Å². The highest BCUT2D eigenvalue weighted by molar-refractivity contribution is 5.88. The van der Waals surface area contributed by atoms with Gasteiger partial charge in [-0.1, -0.05) is 18.2 Å². The molecule has 1 unspecified atom stereocenters. The maximum Gasteiger partial charge on any atom is 0.410 e. The Morgan fingerprint density at radius 3 is 2.74 bits per heavy atom. The number of methoxy groups -OCH3 is 1. The van der Waals surface area contributed by atoms with Crippen LogP contribution in [0.2, 0.25) is 0 Å². The molecule has 3 aromatic rings. The Balaban J connectivity index is 1.81. The smallest absolute Gasteiger partial charge is 0.410 e. The molecule has 1 amide bonds. The Kier molecular flexibility index (Phi) is 3.35. The number of nitrogens with zero attached hydrogens (tertiary/aromatic N) is 1. The van der Waals surface area contributed by atoms with Gasteiger partial charge in [-0.2, -0.15) is 0 Å². The van der Waals surface area contributed by atoms with Crippen molar-refractivity contribution in [3.63, 3.8) is 0 Å². The Labute approximate surface area is 154 Å².